The summed E-state index contributed by atoms with van der Waals surface area (Å²) >= 11 is 0. The summed E-state index contributed by atoms with van der Waals surface area (Å²) in [6.45, 7) is 0. The van der Waals surface area contributed by atoms with E-state index in [-0.39, 0.29) is 6.10 Å². The van der Waals surface area contributed by atoms with Crippen molar-refractivity contribution in [2.45, 2.75) is 18.3 Å². The Morgan fingerprint density at radius 1 is 1.39 bits per heavy atom. The molecule has 3 atom stereocenters. The maximum atomic E-state index is 11.9. The molecule has 0 amide bonds. The van der Waals surface area contributed by atoms with Crippen LogP contribution in [0.5, 0.6) is 0 Å². The standard InChI is InChI=1S/C12H16O6/c1-15-10(13)9-8-6-7(18-11(9)14)4-5-12(8,16-2)17-3/h4-5,7-9H,6H2,1-3H3/t7-,8?,9?/m1/s1. The lowest BCUT2D eigenvalue weighted by Crippen LogP contribution is -2.55. The average Bonchev–Trinajstić information content (AvgIpc) is 2.39. The SMILES string of the molecule is COC(=O)C1C(=O)O[C@@H]2C=CC(OC)(OC)C1C2. The second-order valence-electron chi connectivity index (χ2n) is 4.31. The lowest BCUT2D eigenvalue weighted by atomic mass is 9.75. The summed E-state index contributed by atoms with van der Waals surface area (Å²) in [5, 5.41) is 0. The van der Waals surface area contributed by atoms with E-state index in [0.717, 1.165) is 0 Å². The third-order valence-corrected chi connectivity index (χ3v) is 3.56. The number of fused-ring (bicyclic) bond motifs is 2. The quantitative estimate of drug-likeness (QED) is 0.312. The van der Waals surface area contributed by atoms with Crippen LogP contribution < -0.4 is 0 Å². The number of hydrogen-bond acceptors (Lipinski definition) is 6. The number of ether oxygens (including phenoxy) is 4. The van der Waals surface area contributed by atoms with Gasteiger partial charge in [0.15, 0.2) is 11.7 Å². The van der Waals surface area contributed by atoms with Crippen LogP contribution in [0.15, 0.2) is 12.2 Å². The van der Waals surface area contributed by atoms with E-state index in [1.54, 1.807) is 12.2 Å². The van der Waals surface area contributed by atoms with Gasteiger partial charge < -0.3 is 18.9 Å². The fraction of sp³-hybridized carbons (Fsp3) is 0.667. The monoisotopic (exact) mass is 256 g/mol. The van der Waals surface area contributed by atoms with Gasteiger partial charge in [0.25, 0.3) is 0 Å². The van der Waals surface area contributed by atoms with Gasteiger partial charge in [-0.3, -0.25) is 9.59 Å². The molecule has 6 heteroatoms. The highest BCUT2D eigenvalue weighted by Crippen LogP contribution is 2.42. The summed E-state index contributed by atoms with van der Waals surface area (Å²) in [6.07, 6.45) is 3.55. The topological polar surface area (TPSA) is 71.1 Å². The fourth-order valence-electron chi connectivity index (χ4n) is 2.61. The normalized spacial score (nSPS) is 32.8. The van der Waals surface area contributed by atoms with Gasteiger partial charge in [-0.25, -0.2) is 0 Å². The molecule has 1 saturated heterocycles. The van der Waals surface area contributed by atoms with E-state index in [9.17, 15) is 9.59 Å². The van der Waals surface area contributed by atoms with Gasteiger partial charge in [-0.15, -0.1) is 0 Å². The average molecular weight is 256 g/mol. The van der Waals surface area contributed by atoms with Crippen molar-refractivity contribution in [3.63, 3.8) is 0 Å². The van der Waals surface area contributed by atoms with Gasteiger partial charge in [0, 0.05) is 20.1 Å². The largest absolute Gasteiger partial charge is 0.468 e. The van der Waals surface area contributed by atoms with Crippen molar-refractivity contribution in [2.75, 3.05) is 21.3 Å². The molecule has 0 saturated carbocycles. The first-order valence-corrected chi connectivity index (χ1v) is 5.66. The van der Waals surface area contributed by atoms with Crippen molar-refractivity contribution < 1.29 is 28.5 Å². The molecule has 18 heavy (non-hydrogen) atoms. The summed E-state index contributed by atoms with van der Waals surface area (Å²) in [4.78, 5) is 23.6. The van der Waals surface area contributed by atoms with Crippen LogP contribution in [0, 0.1) is 11.8 Å². The molecule has 0 aromatic carbocycles. The van der Waals surface area contributed by atoms with Crippen LogP contribution in [0.1, 0.15) is 6.42 Å². The Bertz CT molecular complexity index is 384. The Kier molecular flexibility index (Phi) is 3.41. The Morgan fingerprint density at radius 2 is 2.06 bits per heavy atom. The van der Waals surface area contributed by atoms with E-state index in [1.807, 2.05) is 0 Å². The Hall–Kier alpha value is -1.40. The third kappa shape index (κ3) is 1.81. The van der Waals surface area contributed by atoms with Crippen molar-refractivity contribution in [3.8, 4) is 0 Å². The molecule has 2 rings (SSSR count). The maximum Gasteiger partial charge on any atom is 0.321 e. The number of hydrogen-bond donors (Lipinski definition) is 0. The number of methoxy groups -OCH3 is 3. The van der Waals surface area contributed by atoms with E-state index < -0.39 is 29.6 Å². The molecule has 1 aliphatic carbocycles. The molecular formula is C12H16O6. The van der Waals surface area contributed by atoms with E-state index in [4.69, 9.17) is 14.2 Å². The van der Waals surface area contributed by atoms with Gasteiger partial charge in [0.1, 0.15) is 6.10 Å². The Balaban J connectivity index is 2.40. The highest BCUT2D eigenvalue weighted by molar-refractivity contribution is 5.96. The van der Waals surface area contributed by atoms with Gasteiger partial charge >= 0.3 is 11.9 Å². The van der Waals surface area contributed by atoms with Crippen molar-refractivity contribution in [1.82, 2.24) is 0 Å². The molecule has 100 valence electrons. The van der Waals surface area contributed by atoms with Crippen LogP contribution >= 0.6 is 0 Å². The summed E-state index contributed by atoms with van der Waals surface area (Å²) in [5.74, 6) is -3.77. The lowest BCUT2D eigenvalue weighted by Gasteiger charge is -2.45. The van der Waals surface area contributed by atoms with Gasteiger partial charge in [-0.1, -0.05) is 0 Å². The summed E-state index contributed by atoms with van der Waals surface area (Å²) in [6, 6.07) is 0. The van der Waals surface area contributed by atoms with Crippen LogP contribution in [0.2, 0.25) is 0 Å². The van der Waals surface area contributed by atoms with Crippen molar-refractivity contribution in [1.29, 1.82) is 0 Å². The minimum absolute atomic E-state index is 0.332. The van der Waals surface area contributed by atoms with Crippen LogP contribution in [-0.2, 0) is 28.5 Å². The molecule has 2 aliphatic rings. The molecular weight excluding hydrogens is 240 g/mol. The number of esters is 2. The zero-order chi connectivity index (χ0) is 13.3. The summed E-state index contributed by atoms with van der Waals surface area (Å²) in [5.41, 5.74) is 0. The van der Waals surface area contributed by atoms with Crippen molar-refractivity contribution in [2.24, 2.45) is 11.8 Å². The van der Waals surface area contributed by atoms with E-state index >= 15 is 0 Å². The second kappa shape index (κ2) is 4.70. The Morgan fingerprint density at radius 3 is 2.61 bits per heavy atom. The number of carbonyl (C=O) groups is 2. The minimum atomic E-state index is -1.09. The molecule has 1 fully saturated rings. The van der Waals surface area contributed by atoms with Crippen LogP contribution in [0.25, 0.3) is 0 Å². The second-order valence-corrected chi connectivity index (χ2v) is 4.31. The highest BCUT2D eigenvalue weighted by atomic mass is 16.7. The zero-order valence-corrected chi connectivity index (χ0v) is 10.5. The van der Waals surface area contributed by atoms with Gasteiger partial charge in [-0.05, 0) is 18.6 Å². The number of carbonyl (C=O) groups excluding carboxylic acids is 2. The zero-order valence-electron chi connectivity index (χ0n) is 10.5. The molecule has 1 heterocycles. The van der Waals surface area contributed by atoms with Crippen molar-refractivity contribution >= 4 is 11.9 Å². The summed E-state index contributed by atoms with van der Waals surface area (Å²) < 4.78 is 20.5. The van der Waals surface area contributed by atoms with E-state index in [0.29, 0.717) is 6.42 Å². The van der Waals surface area contributed by atoms with E-state index in [2.05, 4.69) is 4.74 Å². The third-order valence-electron chi connectivity index (χ3n) is 3.56. The molecule has 2 bridgehead atoms. The van der Waals surface area contributed by atoms with Gasteiger partial charge in [0.05, 0.1) is 7.11 Å². The predicted molar refractivity (Wildman–Crippen MR) is 59.4 cm³/mol. The fourth-order valence-corrected chi connectivity index (χ4v) is 2.61. The lowest BCUT2D eigenvalue weighted by molar-refractivity contribution is -0.241. The van der Waals surface area contributed by atoms with Crippen LogP contribution in [0.3, 0.4) is 0 Å². The minimum Gasteiger partial charge on any atom is -0.468 e. The Labute approximate surface area is 105 Å². The maximum absolute atomic E-state index is 11.9. The molecule has 0 radical (unpaired) electrons. The van der Waals surface area contributed by atoms with Crippen LogP contribution in [-0.4, -0.2) is 45.2 Å². The predicted octanol–water partition coefficient (Wildman–Crippen LogP) is 0.266. The van der Waals surface area contributed by atoms with Crippen LogP contribution in [0.4, 0.5) is 0 Å². The first-order chi connectivity index (χ1) is 8.57. The molecule has 2 unspecified atom stereocenters. The molecule has 0 N–H and O–H groups in total. The number of rotatable bonds is 3. The van der Waals surface area contributed by atoms with Crippen molar-refractivity contribution in [3.05, 3.63) is 12.2 Å². The molecule has 6 nitrogen and oxygen atoms in total. The molecule has 0 spiro atoms. The molecule has 0 aromatic heterocycles. The molecule has 1 aliphatic heterocycles. The van der Waals surface area contributed by atoms with Gasteiger partial charge in [-0.2, -0.15) is 0 Å². The molecule has 0 aromatic rings. The highest BCUT2D eigenvalue weighted by Gasteiger charge is 2.55. The first-order valence-electron chi connectivity index (χ1n) is 5.66. The first kappa shape index (κ1) is 13.0. The van der Waals surface area contributed by atoms with E-state index in [1.165, 1.54) is 21.3 Å². The smallest absolute Gasteiger partial charge is 0.321 e. The van der Waals surface area contributed by atoms with Gasteiger partial charge in [0.2, 0.25) is 0 Å². The summed E-state index contributed by atoms with van der Waals surface area (Å²) in [7, 11) is 4.19.